The van der Waals surface area contributed by atoms with E-state index in [2.05, 4.69) is 13.8 Å². The van der Waals surface area contributed by atoms with Gasteiger partial charge in [0.25, 0.3) is 0 Å². The molecule has 11 atom stereocenters. The highest BCUT2D eigenvalue weighted by Gasteiger charge is 2.78. The molecule has 0 aromatic rings. The first-order valence-electron chi connectivity index (χ1n) is 11.2. The SMILES string of the molecule is CO[C@@H]1C[C@H]2[C@@H]3C[C@H](O)[C@](O)([C@@H](C)CO)[C@@]3(C)CC[C@@H]2[C@@]2(C)CC[C@H]3C[C@]312. The fourth-order valence-corrected chi connectivity index (χ4v) is 9.66. The van der Waals surface area contributed by atoms with Gasteiger partial charge in [0.1, 0.15) is 5.60 Å². The van der Waals surface area contributed by atoms with Crippen molar-refractivity contribution in [3.8, 4) is 0 Å². The molecular formula is C23H38O4. The summed E-state index contributed by atoms with van der Waals surface area (Å²) in [5, 5.41) is 32.5. The van der Waals surface area contributed by atoms with Gasteiger partial charge in [-0.3, -0.25) is 0 Å². The van der Waals surface area contributed by atoms with Crippen molar-refractivity contribution in [2.24, 2.45) is 45.8 Å². The van der Waals surface area contributed by atoms with Crippen LogP contribution < -0.4 is 0 Å². The Morgan fingerprint density at radius 3 is 2.41 bits per heavy atom. The van der Waals surface area contributed by atoms with E-state index in [0.717, 1.165) is 25.2 Å². The van der Waals surface area contributed by atoms with Gasteiger partial charge in [0, 0.05) is 30.5 Å². The van der Waals surface area contributed by atoms with Crippen molar-refractivity contribution in [3.05, 3.63) is 0 Å². The summed E-state index contributed by atoms with van der Waals surface area (Å²) >= 11 is 0. The number of hydrogen-bond donors (Lipinski definition) is 3. The molecule has 3 N–H and O–H groups in total. The van der Waals surface area contributed by atoms with Crippen LogP contribution >= 0.6 is 0 Å². The predicted molar refractivity (Wildman–Crippen MR) is 103 cm³/mol. The van der Waals surface area contributed by atoms with E-state index in [1.807, 2.05) is 14.0 Å². The molecule has 0 unspecified atom stereocenters. The Labute approximate surface area is 163 Å². The smallest absolute Gasteiger partial charge is 0.101 e. The number of fused-ring (bicyclic) bond motifs is 4. The van der Waals surface area contributed by atoms with E-state index in [4.69, 9.17) is 4.74 Å². The van der Waals surface area contributed by atoms with E-state index >= 15 is 0 Å². The Kier molecular flexibility index (Phi) is 3.84. The number of aliphatic hydroxyl groups is 3. The third kappa shape index (κ3) is 1.86. The van der Waals surface area contributed by atoms with E-state index < -0.39 is 11.7 Å². The Morgan fingerprint density at radius 1 is 1.07 bits per heavy atom. The van der Waals surface area contributed by atoms with Gasteiger partial charge in [0.05, 0.1) is 12.2 Å². The molecule has 0 saturated heterocycles. The second kappa shape index (κ2) is 5.50. The molecule has 5 fully saturated rings. The monoisotopic (exact) mass is 378 g/mol. The Morgan fingerprint density at radius 2 is 1.78 bits per heavy atom. The van der Waals surface area contributed by atoms with Crippen molar-refractivity contribution in [3.63, 3.8) is 0 Å². The van der Waals surface area contributed by atoms with E-state index in [-0.39, 0.29) is 17.9 Å². The summed E-state index contributed by atoms with van der Waals surface area (Å²) in [4.78, 5) is 0. The Bertz CT molecular complexity index is 638. The average Bonchev–Trinajstić information content (AvgIpc) is 3.25. The second-order valence-electron chi connectivity index (χ2n) is 11.4. The molecule has 4 nitrogen and oxygen atoms in total. The molecule has 5 saturated carbocycles. The van der Waals surface area contributed by atoms with E-state index in [9.17, 15) is 15.3 Å². The number of rotatable bonds is 3. The topological polar surface area (TPSA) is 69.9 Å². The highest BCUT2D eigenvalue weighted by Crippen LogP contribution is 2.82. The molecule has 0 aromatic heterocycles. The summed E-state index contributed by atoms with van der Waals surface area (Å²) in [7, 11) is 1.89. The maximum absolute atomic E-state index is 11.7. The zero-order valence-electron chi connectivity index (χ0n) is 17.4. The van der Waals surface area contributed by atoms with Crippen molar-refractivity contribution in [2.45, 2.75) is 83.5 Å². The Balaban J connectivity index is 1.54. The summed E-state index contributed by atoms with van der Waals surface area (Å²) in [6, 6.07) is 0. The first-order chi connectivity index (χ1) is 12.7. The van der Waals surface area contributed by atoms with Crippen molar-refractivity contribution in [2.75, 3.05) is 13.7 Å². The fourth-order valence-electron chi connectivity index (χ4n) is 9.66. The second-order valence-corrected chi connectivity index (χ2v) is 11.4. The minimum atomic E-state index is -1.19. The molecule has 0 bridgehead atoms. The molecular weight excluding hydrogens is 340 g/mol. The highest BCUT2D eigenvalue weighted by atomic mass is 16.5. The normalized spacial score (nSPS) is 62.3. The van der Waals surface area contributed by atoms with Gasteiger partial charge in [-0.25, -0.2) is 0 Å². The van der Waals surface area contributed by atoms with Gasteiger partial charge in [-0.15, -0.1) is 0 Å². The third-order valence-corrected chi connectivity index (χ3v) is 11.1. The molecule has 5 aliphatic carbocycles. The summed E-state index contributed by atoms with van der Waals surface area (Å²) < 4.78 is 6.13. The lowest BCUT2D eigenvalue weighted by Crippen LogP contribution is -2.61. The third-order valence-electron chi connectivity index (χ3n) is 11.1. The molecule has 4 heteroatoms. The van der Waals surface area contributed by atoms with Crippen LogP contribution in [0.2, 0.25) is 0 Å². The molecule has 27 heavy (non-hydrogen) atoms. The van der Waals surface area contributed by atoms with Gasteiger partial charge in [-0.1, -0.05) is 20.8 Å². The minimum absolute atomic E-state index is 0.0762. The van der Waals surface area contributed by atoms with Crippen LogP contribution in [-0.4, -0.2) is 46.8 Å². The van der Waals surface area contributed by atoms with Crippen molar-refractivity contribution in [1.29, 1.82) is 0 Å². The van der Waals surface area contributed by atoms with Gasteiger partial charge in [-0.05, 0) is 74.0 Å². The van der Waals surface area contributed by atoms with E-state index in [1.54, 1.807) is 0 Å². The molecule has 0 heterocycles. The van der Waals surface area contributed by atoms with Gasteiger partial charge in [-0.2, -0.15) is 0 Å². The molecule has 1 spiro atoms. The number of hydrogen-bond acceptors (Lipinski definition) is 4. The van der Waals surface area contributed by atoms with Gasteiger partial charge >= 0.3 is 0 Å². The van der Waals surface area contributed by atoms with Crippen LogP contribution in [0, 0.1) is 45.8 Å². The summed E-state index contributed by atoms with van der Waals surface area (Å²) in [5.41, 5.74) is -0.746. The van der Waals surface area contributed by atoms with Crippen molar-refractivity contribution >= 4 is 0 Å². The van der Waals surface area contributed by atoms with Crippen LogP contribution in [0.25, 0.3) is 0 Å². The summed E-state index contributed by atoms with van der Waals surface area (Å²) in [5.74, 6) is 2.07. The van der Waals surface area contributed by atoms with Crippen molar-refractivity contribution in [1.82, 2.24) is 0 Å². The van der Waals surface area contributed by atoms with Gasteiger partial charge < -0.3 is 20.1 Å². The highest BCUT2D eigenvalue weighted by molar-refractivity contribution is 5.27. The maximum atomic E-state index is 11.7. The molecule has 154 valence electrons. The van der Waals surface area contributed by atoms with Gasteiger partial charge in [0.2, 0.25) is 0 Å². The largest absolute Gasteiger partial charge is 0.396 e. The Hall–Kier alpha value is -0.160. The molecule has 5 rings (SSSR count). The molecule has 5 aliphatic rings. The number of methoxy groups -OCH3 is 1. The molecule has 0 amide bonds. The van der Waals surface area contributed by atoms with E-state index in [0.29, 0.717) is 41.1 Å². The lowest BCUT2D eigenvalue weighted by atomic mass is 9.44. The zero-order chi connectivity index (χ0) is 19.4. The van der Waals surface area contributed by atoms with Crippen LogP contribution in [0.1, 0.15) is 65.7 Å². The summed E-state index contributed by atoms with van der Waals surface area (Å²) in [6.45, 7) is 6.55. The maximum Gasteiger partial charge on any atom is 0.101 e. The van der Waals surface area contributed by atoms with E-state index in [1.165, 1.54) is 19.3 Å². The first-order valence-corrected chi connectivity index (χ1v) is 11.2. The molecule has 0 aliphatic heterocycles. The lowest BCUT2D eigenvalue weighted by Gasteiger charge is -2.61. The van der Waals surface area contributed by atoms with Crippen LogP contribution in [0.5, 0.6) is 0 Å². The number of ether oxygens (including phenoxy) is 1. The van der Waals surface area contributed by atoms with Crippen LogP contribution in [-0.2, 0) is 4.74 Å². The number of aliphatic hydroxyl groups excluding tert-OH is 2. The van der Waals surface area contributed by atoms with Crippen LogP contribution in [0.3, 0.4) is 0 Å². The van der Waals surface area contributed by atoms with Crippen LogP contribution in [0.15, 0.2) is 0 Å². The quantitative estimate of drug-likeness (QED) is 0.706. The van der Waals surface area contributed by atoms with Crippen LogP contribution in [0.4, 0.5) is 0 Å². The first kappa shape index (κ1) is 18.8. The predicted octanol–water partition coefficient (Wildman–Crippen LogP) is 2.98. The standard InChI is InChI=1S/C23H38O4/c1-13(12-24)23(26)18(25)10-17-15-9-19(27-4)22-11-14(22)5-7-20(22,2)16(15)6-8-21(17,23)3/h13-19,24-26H,5-12H2,1-4H3/t13-,14-,15+,16-,17-,18-,19+,20+,21-,22-,23+/m0/s1. The molecule has 0 aromatic carbocycles. The fraction of sp³-hybridized carbons (Fsp3) is 1.00. The minimum Gasteiger partial charge on any atom is -0.396 e. The van der Waals surface area contributed by atoms with Gasteiger partial charge in [0.15, 0.2) is 0 Å². The summed E-state index contributed by atoms with van der Waals surface area (Å²) in [6.07, 6.45) is 7.48. The average molecular weight is 379 g/mol. The lowest BCUT2D eigenvalue weighted by molar-refractivity contribution is -0.206. The molecule has 0 radical (unpaired) electrons. The van der Waals surface area contributed by atoms with Crippen molar-refractivity contribution < 1.29 is 20.1 Å². The zero-order valence-corrected chi connectivity index (χ0v) is 17.4.